The summed E-state index contributed by atoms with van der Waals surface area (Å²) in [5.74, 6) is -0.143. The number of rotatable bonds is 3. The fourth-order valence-electron chi connectivity index (χ4n) is 1.82. The van der Waals surface area contributed by atoms with E-state index in [9.17, 15) is 4.79 Å². The summed E-state index contributed by atoms with van der Waals surface area (Å²) >= 11 is 0. The molecule has 14 heavy (non-hydrogen) atoms. The molecule has 0 aliphatic carbocycles. The summed E-state index contributed by atoms with van der Waals surface area (Å²) in [7, 11) is 0. The van der Waals surface area contributed by atoms with E-state index in [4.69, 9.17) is 9.47 Å². The van der Waals surface area contributed by atoms with Gasteiger partial charge in [-0.05, 0) is 25.2 Å². The second-order valence-corrected chi connectivity index (χ2v) is 4.62. The Balaban J connectivity index is 2.34. The van der Waals surface area contributed by atoms with Crippen molar-refractivity contribution in [3.63, 3.8) is 0 Å². The van der Waals surface area contributed by atoms with E-state index in [1.165, 1.54) is 0 Å². The van der Waals surface area contributed by atoms with Crippen LogP contribution < -0.4 is 0 Å². The van der Waals surface area contributed by atoms with Crippen LogP contribution in [0.25, 0.3) is 0 Å². The first-order valence-electron chi connectivity index (χ1n) is 5.31. The molecule has 0 aromatic rings. The maximum Gasteiger partial charge on any atom is 0.308 e. The third-order valence-corrected chi connectivity index (χ3v) is 2.61. The molecular formula is C11H20O3. The second kappa shape index (κ2) is 4.78. The van der Waals surface area contributed by atoms with E-state index in [0.29, 0.717) is 18.4 Å². The van der Waals surface area contributed by atoms with Crippen molar-refractivity contribution in [3.8, 4) is 0 Å². The van der Waals surface area contributed by atoms with Gasteiger partial charge in [0.25, 0.3) is 0 Å². The lowest BCUT2D eigenvalue weighted by Crippen LogP contribution is -2.32. The molecule has 1 rings (SSSR count). The third kappa shape index (κ3) is 3.66. The van der Waals surface area contributed by atoms with E-state index < -0.39 is 0 Å². The van der Waals surface area contributed by atoms with Gasteiger partial charge in [0, 0.05) is 6.61 Å². The normalized spacial score (nSPS) is 25.8. The van der Waals surface area contributed by atoms with Gasteiger partial charge in [-0.1, -0.05) is 13.8 Å². The highest BCUT2D eigenvalue weighted by Crippen LogP contribution is 2.33. The molecule has 1 aliphatic rings. The highest BCUT2D eigenvalue weighted by molar-refractivity contribution is 5.69. The van der Waals surface area contributed by atoms with E-state index in [1.54, 1.807) is 0 Å². The fraction of sp³-hybridized carbons (Fsp3) is 0.909. The molecule has 0 bridgehead atoms. The number of ether oxygens (including phenoxy) is 2. The van der Waals surface area contributed by atoms with Crippen LogP contribution in [0.3, 0.4) is 0 Å². The summed E-state index contributed by atoms with van der Waals surface area (Å²) < 4.78 is 10.4. The Kier molecular flexibility index (Phi) is 3.93. The second-order valence-electron chi connectivity index (χ2n) is 4.62. The van der Waals surface area contributed by atoms with Crippen molar-refractivity contribution in [2.24, 2.45) is 5.41 Å². The van der Waals surface area contributed by atoms with E-state index in [1.807, 2.05) is 6.92 Å². The highest BCUT2D eigenvalue weighted by atomic mass is 16.5. The Morgan fingerprint density at radius 3 is 2.86 bits per heavy atom. The van der Waals surface area contributed by atoms with Gasteiger partial charge < -0.3 is 9.47 Å². The van der Waals surface area contributed by atoms with Gasteiger partial charge in [0.05, 0.1) is 19.1 Å². The minimum Gasteiger partial charge on any atom is -0.466 e. The zero-order valence-corrected chi connectivity index (χ0v) is 9.34. The van der Waals surface area contributed by atoms with Gasteiger partial charge in [-0.2, -0.15) is 0 Å². The third-order valence-electron chi connectivity index (χ3n) is 2.61. The molecule has 3 nitrogen and oxygen atoms in total. The molecule has 3 heteroatoms. The summed E-state index contributed by atoms with van der Waals surface area (Å²) in [6, 6.07) is 0. The minimum absolute atomic E-state index is 0.0535. The molecule has 1 unspecified atom stereocenters. The molecule has 82 valence electrons. The summed E-state index contributed by atoms with van der Waals surface area (Å²) in [4.78, 5) is 11.2. The maximum atomic E-state index is 11.2. The van der Waals surface area contributed by atoms with Crippen LogP contribution in [-0.4, -0.2) is 25.3 Å². The fourth-order valence-corrected chi connectivity index (χ4v) is 1.82. The van der Waals surface area contributed by atoms with Crippen molar-refractivity contribution in [1.29, 1.82) is 0 Å². The average molecular weight is 200 g/mol. The van der Waals surface area contributed by atoms with Crippen LogP contribution >= 0.6 is 0 Å². The monoisotopic (exact) mass is 200 g/mol. The maximum absolute atomic E-state index is 11.2. The van der Waals surface area contributed by atoms with Gasteiger partial charge in [0.2, 0.25) is 0 Å². The van der Waals surface area contributed by atoms with Crippen molar-refractivity contribution in [2.75, 3.05) is 13.2 Å². The van der Waals surface area contributed by atoms with Crippen LogP contribution in [-0.2, 0) is 14.3 Å². The number of hydrogen-bond acceptors (Lipinski definition) is 3. The smallest absolute Gasteiger partial charge is 0.308 e. The first-order chi connectivity index (χ1) is 6.53. The molecule has 0 aromatic carbocycles. The highest BCUT2D eigenvalue weighted by Gasteiger charge is 2.30. The number of esters is 1. The number of carbonyl (C=O) groups is 1. The Labute approximate surface area is 85.8 Å². The van der Waals surface area contributed by atoms with Gasteiger partial charge in [-0.25, -0.2) is 0 Å². The Bertz CT molecular complexity index is 199. The molecule has 1 atom stereocenters. The van der Waals surface area contributed by atoms with Crippen LogP contribution in [0.15, 0.2) is 0 Å². The standard InChI is InChI=1S/C11H20O3/c1-4-13-10(12)7-9-8-11(2,3)5-6-14-9/h9H,4-8H2,1-3H3. The van der Waals surface area contributed by atoms with Crippen molar-refractivity contribution < 1.29 is 14.3 Å². The molecule has 0 saturated carbocycles. The number of hydrogen-bond donors (Lipinski definition) is 0. The van der Waals surface area contributed by atoms with Crippen LogP contribution in [0.1, 0.15) is 40.0 Å². The van der Waals surface area contributed by atoms with E-state index in [0.717, 1.165) is 19.4 Å². The van der Waals surface area contributed by atoms with Crippen molar-refractivity contribution in [2.45, 2.75) is 46.1 Å². The molecular weight excluding hydrogens is 180 g/mol. The van der Waals surface area contributed by atoms with Crippen LogP contribution in [0.5, 0.6) is 0 Å². The lowest BCUT2D eigenvalue weighted by Gasteiger charge is -2.34. The topological polar surface area (TPSA) is 35.5 Å². The first kappa shape index (κ1) is 11.5. The van der Waals surface area contributed by atoms with Crippen molar-refractivity contribution in [1.82, 2.24) is 0 Å². The van der Waals surface area contributed by atoms with E-state index in [-0.39, 0.29) is 12.1 Å². The Morgan fingerprint density at radius 1 is 1.57 bits per heavy atom. The van der Waals surface area contributed by atoms with Gasteiger partial charge in [-0.15, -0.1) is 0 Å². The van der Waals surface area contributed by atoms with Crippen LogP contribution in [0.2, 0.25) is 0 Å². The zero-order valence-electron chi connectivity index (χ0n) is 9.34. The first-order valence-corrected chi connectivity index (χ1v) is 5.31. The minimum atomic E-state index is -0.143. The zero-order chi connectivity index (χ0) is 10.6. The lowest BCUT2D eigenvalue weighted by atomic mass is 9.81. The Morgan fingerprint density at radius 2 is 2.29 bits per heavy atom. The predicted molar refractivity (Wildman–Crippen MR) is 54.0 cm³/mol. The molecule has 1 aliphatic heterocycles. The van der Waals surface area contributed by atoms with Crippen LogP contribution in [0.4, 0.5) is 0 Å². The van der Waals surface area contributed by atoms with Gasteiger partial charge in [-0.3, -0.25) is 4.79 Å². The molecule has 0 N–H and O–H groups in total. The van der Waals surface area contributed by atoms with Crippen molar-refractivity contribution >= 4 is 5.97 Å². The molecule has 0 aromatic heterocycles. The molecule has 1 saturated heterocycles. The van der Waals surface area contributed by atoms with Crippen LogP contribution in [0, 0.1) is 5.41 Å². The average Bonchev–Trinajstić information content (AvgIpc) is 2.02. The van der Waals surface area contributed by atoms with Gasteiger partial charge in [0.15, 0.2) is 0 Å². The summed E-state index contributed by atoms with van der Waals surface area (Å²) in [6.45, 7) is 7.47. The molecule has 1 fully saturated rings. The summed E-state index contributed by atoms with van der Waals surface area (Å²) in [6.07, 6.45) is 2.48. The SMILES string of the molecule is CCOC(=O)CC1CC(C)(C)CCO1. The molecule has 1 heterocycles. The predicted octanol–water partition coefficient (Wildman–Crippen LogP) is 2.14. The largest absolute Gasteiger partial charge is 0.466 e. The molecule has 0 spiro atoms. The summed E-state index contributed by atoms with van der Waals surface area (Å²) in [5, 5.41) is 0. The van der Waals surface area contributed by atoms with Gasteiger partial charge in [0.1, 0.15) is 0 Å². The molecule has 0 radical (unpaired) electrons. The lowest BCUT2D eigenvalue weighted by molar-refractivity contribution is -0.148. The van der Waals surface area contributed by atoms with E-state index >= 15 is 0 Å². The van der Waals surface area contributed by atoms with E-state index in [2.05, 4.69) is 13.8 Å². The quantitative estimate of drug-likeness (QED) is 0.655. The summed E-state index contributed by atoms with van der Waals surface area (Å²) in [5.41, 5.74) is 0.301. The Hall–Kier alpha value is -0.570. The van der Waals surface area contributed by atoms with Crippen molar-refractivity contribution in [3.05, 3.63) is 0 Å². The molecule has 0 amide bonds. The van der Waals surface area contributed by atoms with Gasteiger partial charge >= 0.3 is 5.97 Å². The number of carbonyl (C=O) groups excluding carboxylic acids is 1.